The molecule has 1 aromatic heterocycles. The molecule has 2 aromatic rings. The van der Waals surface area contributed by atoms with Crippen LogP contribution in [0.4, 0.5) is 11.4 Å². The molecule has 1 saturated heterocycles. The minimum Gasteiger partial charge on any atom is -0.371 e. The quantitative estimate of drug-likeness (QED) is 0.880. The molecule has 1 fully saturated rings. The fourth-order valence-electron chi connectivity index (χ4n) is 3.00. The third kappa shape index (κ3) is 4.57. The summed E-state index contributed by atoms with van der Waals surface area (Å²) in [4.78, 5) is 18.6. The Kier molecular flexibility index (Phi) is 5.46. The van der Waals surface area contributed by atoms with Gasteiger partial charge in [0.2, 0.25) is 11.8 Å². The van der Waals surface area contributed by atoms with Crippen molar-refractivity contribution in [2.75, 3.05) is 23.3 Å². The van der Waals surface area contributed by atoms with Crippen LogP contribution in [-0.4, -0.2) is 29.1 Å². The van der Waals surface area contributed by atoms with Gasteiger partial charge in [0.1, 0.15) is 0 Å². The van der Waals surface area contributed by atoms with Gasteiger partial charge in [-0.05, 0) is 50.8 Å². The second-order valence-corrected chi connectivity index (χ2v) is 6.24. The van der Waals surface area contributed by atoms with Crippen LogP contribution in [0, 0.1) is 6.92 Å². The lowest BCUT2D eigenvalue weighted by atomic mass is 10.1. The summed E-state index contributed by atoms with van der Waals surface area (Å²) in [6, 6.07) is 8.11. The molecule has 0 aliphatic carbocycles. The average Bonchev–Trinajstić information content (AvgIpc) is 3.01. The normalized spacial score (nSPS) is 14.6. The monoisotopic (exact) mass is 328 g/mol. The summed E-state index contributed by atoms with van der Waals surface area (Å²) >= 11 is 0. The van der Waals surface area contributed by atoms with Crippen LogP contribution in [0.5, 0.6) is 0 Å². The van der Waals surface area contributed by atoms with Crippen molar-refractivity contribution in [3.05, 3.63) is 36.0 Å². The van der Waals surface area contributed by atoms with Crippen molar-refractivity contribution in [2.24, 2.45) is 0 Å². The maximum Gasteiger partial charge on any atom is 0.226 e. The smallest absolute Gasteiger partial charge is 0.226 e. The molecule has 24 heavy (non-hydrogen) atoms. The Morgan fingerprint density at radius 3 is 2.88 bits per heavy atom. The Morgan fingerprint density at radius 1 is 1.29 bits per heavy atom. The molecule has 0 spiro atoms. The molecule has 6 heteroatoms. The number of rotatable bonds is 6. The second kappa shape index (κ2) is 7.95. The Morgan fingerprint density at radius 2 is 2.12 bits per heavy atom. The molecule has 1 N–H and O–H groups in total. The van der Waals surface area contributed by atoms with Crippen LogP contribution in [0.2, 0.25) is 0 Å². The first-order valence-electron chi connectivity index (χ1n) is 8.65. The van der Waals surface area contributed by atoms with E-state index in [1.807, 2.05) is 12.1 Å². The highest BCUT2D eigenvalue weighted by molar-refractivity contribution is 5.91. The van der Waals surface area contributed by atoms with E-state index in [4.69, 9.17) is 4.52 Å². The molecule has 1 aromatic carbocycles. The number of nitrogens with zero attached hydrogens (tertiary/aromatic N) is 3. The van der Waals surface area contributed by atoms with Gasteiger partial charge in [0.15, 0.2) is 5.82 Å². The van der Waals surface area contributed by atoms with Crippen molar-refractivity contribution in [3.8, 4) is 0 Å². The van der Waals surface area contributed by atoms with Crippen LogP contribution in [0.15, 0.2) is 28.8 Å². The van der Waals surface area contributed by atoms with E-state index in [-0.39, 0.29) is 5.91 Å². The van der Waals surface area contributed by atoms with Crippen molar-refractivity contribution in [1.82, 2.24) is 10.1 Å². The zero-order valence-corrected chi connectivity index (χ0v) is 14.1. The lowest BCUT2D eigenvalue weighted by Crippen LogP contribution is -2.29. The van der Waals surface area contributed by atoms with Gasteiger partial charge in [-0.1, -0.05) is 11.2 Å². The minimum absolute atomic E-state index is 0.0158. The van der Waals surface area contributed by atoms with Gasteiger partial charge < -0.3 is 14.7 Å². The SMILES string of the molecule is Cc1noc(CCCC(=O)Nc2cccc(N3CCCCC3)c2)n1. The molecule has 0 bridgehead atoms. The summed E-state index contributed by atoms with van der Waals surface area (Å²) in [5, 5.41) is 6.73. The predicted octanol–water partition coefficient (Wildman–Crippen LogP) is 3.33. The number of nitrogens with one attached hydrogen (secondary N) is 1. The van der Waals surface area contributed by atoms with Crippen LogP contribution in [0.1, 0.15) is 43.8 Å². The number of amides is 1. The molecule has 1 aliphatic rings. The largest absolute Gasteiger partial charge is 0.371 e. The van der Waals surface area contributed by atoms with Crippen molar-refractivity contribution >= 4 is 17.3 Å². The van der Waals surface area contributed by atoms with Crippen molar-refractivity contribution in [1.29, 1.82) is 0 Å². The molecule has 3 rings (SSSR count). The van der Waals surface area contributed by atoms with Crippen LogP contribution in [0.25, 0.3) is 0 Å². The van der Waals surface area contributed by atoms with E-state index in [0.29, 0.717) is 31.0 Å². The number of anilines is 2. The van der Waals surface area contributed by atoms with Gasteiger partial charge in [0, 0.05) is 37.3 Å². The van der Waals surface area contributed by atoms with Gasteiger partial charge in [-0.15, -0.1) is 0 Å². The Balaban J connectivity index is 1.48. The molecular formula is C18H24N4O2. The van der Waals surface area contributed by atoms with E-state index in [0.717, 1.165) is 18.8 Å². The number of aryl methyl sites for hydroxylation is 2. The Labute approximate surface area is 142 Å². The molecule has 0 unspecified atom stereocenters. The van der Waals surface area contributed by atoms with E-state index < -0.39 is 0 Å². The number of hydrogen-bond donors (Lipinski definition) is 1. The molecule has 0 atom stereocenters. The van der Waals surface area contributed by atoms with Gasteiger partial charge in [0.25, 0.3) is 0 Å². The first-order chi connectivity index (χ1) is 11.7. The molecular weight excluding hydrogens is 304 g/mol. The summed E-state index contributed by atoms with van der Waals surface area (Å²) in [5.74, 6) is 1.23. The van der Waals surface area contributed by atoms with Gasteiger partial charge in [-0.2, -0.15) is 4.98 Å². The second-order valence-electron chi connectivity index (χ2n) is 6.24. The zero-order valence-electron chi connectivity index (χ0n) is 14.1. The zero-order chi connectivity index (χ0) is 16.8. The van der Waals surface area contributed by atoms with Crippen LogP contribution in [-0.2, 0) is 11.2 Å². The first kappa shape index (κ1) is 16.5. The van der Waals surface area contributed by atoms with Crippen LogP contribution < -0.4 is 10.2 Å². The van der Waals surface area contributed by atoms with Gasteiger partial charge >= 0.3 is 0 Å². The number of piperidine rings is 1. The van der Waals surface area contributed by atoms with E-state index in [2.05, 4.69) is 32.5 Å². The summed E-state index contributed by atoms with van der Waals surface area (Å²) in [5.41, 5.74) is 2.05. The molecule has 0 saturated carbocycles. The van der Waals surface area contributed by atoms with Crippen molar-refractivity contribution in [2.45, 2.75) is 45.4 Å². The maximum atomic E-state index is 12.1. The summed E-state index contributed by atoms with van der Waals surface area (Å²) in [6.07, 6.45) is 5.56. The van der Waals surface area contributed by atoms with E-state index in [1.165, 1.54) is 24.9 Å². The van der Waals surface area contributed by atoms with E-state index in [1.54, 1.807) is 6.92 Å². The topological polar surface area (TPSA) is 71.3 Å². The number of carbonyl (C=O) groups is 1. The molecule has 2 heterocycles. The van der Waals surface area contributed by atoms with E-state index in [9.17, 15) is 4.79 Å². The highest BCUT2D eigenvalue weighted by Gasteiger charge is 2.12. The standard InChI is InChI=1S/C18H24N4O2/c1-14-19-18(24-21-14)10-6-9-17(23)20-15-7-5-8-16(13-15)22-11-3-2-4-12-22/h5,7-8,13H,2-4,6,9-12H2,1H3,(H,20,23). The van der Waals surface area contributed by atoms with Gasteiger partial charge in [-0.25, -0.2) is 0 Å². The average molecular weight is 328 g/mol. The number of aromatic nitrogens is 2. The number of carbonyl (C=O) groups excluding carboxylic acids is 1. The summed E-state index contributed by atoms with van der Waals surface area (Å²) in [6.45, 7) is 3.98. The van der Waals surface area contributed by atoms with Crippen molar-refractivity contribution in [3.63, 3.8) is 0 Å². The number of benzene rings is 1. The predicted molar refractivity (Wildman–Crippen MR) is 93.1 cm³/mol. The Hall–Kier alpha value is -2.37. The van der Waals surface area contributed by atoms with Gasteiger partial charge in [0.05, 0.1) is 0 Å². The molecule has 1 aliphatic heterocycles. The lowest BCUT2D eigenvalue weighted by Gasteiger charge is -2.29. The van der Waals surface area contributed by atoms with Gasteiger partial charge in [-0.3, -0.25) is 4.79 Å². The summed E-state index contributed by atoms with van der Waals surface area (Å²) in [7, 11) is 0. The summed E-state index contributed by atoms with van der Waals surface area (Å²) < 4.78 is 5.05. The number of hydrogen-bond acceptors (Lipinski definition) is 5. The fraction of sp³-hybridized carbons (Fsp3) is 0.500. The third-order valence-electron chi connectivity index (χ3n) is 4.22. The Bertz CT molecular complexity index is 677. The highest BCUT2D eigenvalue weighted by atomic mass is 16.5. The third-order valence-corrected chi connectivity index (χ3v) is 4.22. The fourth-order valence-corrected chi connectivity index (χ4v) is 3.00. The van der Waals surface area contributed by atoms with Crippen LogP contribution >= 0.6 is 0 Å². The molecule has 0 radical (unpaired) electrons. The lowest BCUT2D eigenvalue weighted by molar-refractivity contribution is -0.116. The first-order valence-corrected chi connectivity index (χ1v) is 8.65. The van der Waals surface area contributed by atoms with Crippen LogP contribution in [0.3, 0.4) is 0 Å². The molecule has 6 nitrogen and oxygen atoms in total. The molecule has 128 valence electrons. The minimum atomic E-state index is 0.0158. The maximum absolute atomic E-state index is 12.1. The molecule has 1 amide bonds. The van der Waals surface area contributed by atoms with Crippen molar-refractivity contribution < 1.29 is 9.32 Å². The van der Waals surface area contributed by atoms with E-state index >= 15 is 0 Å². The highest BCUT2D eigenvalue weighted by Crippen LogP contribution is 2.23.